The Labute approximate surface area is 204 Å². The predicted octanol–water partition coefficient (Wildman–Crippen LogP) is 6.48. The Hall–Kier alpha value is -3.28. The van der Waals surface area contributed by atoms with E-state index in [1.165, 1.54) is 30.3 Å². The maximum atomic E-state index is 16.0. The fourth-order valence-corrected chi connectivity index (χ4v) is 4.74. The first-order valence-corrected chi connectivity index (χ1v) is 11.2. The van der Waals surface area contributed by atoms with Crippen molar-refractivity contribution in [2.45, 2.75) is 13.2 Å². The molecule has 1 unspecified atom stereocenters. The van der Waals surface area contributed by atoms with E-state index in [1.807, 2.05) is 39.1 Å². The number of allylic oxidation sites excluding steroid dienone is 1. The molecule has 174 valence electrons. The molecule has 34 heavy (non-hydrogen) atoms. The minimum atomic E-state index is -0.770. The third-order valence-electron chi connectivity index (χ3n) is 6.28. The zero-order chi connectivity index (χ0) is 24.8. The molecular formula is C26H22BrF3N3O+. The Balaban J connectivity index is 1.84. The van der Waals surface area contributed by atoms with Crippen molar-refractivity contribution in [3.05, 3.63) is 93.3 Å². The van der Waals surface area contributed by atoms with E-state index in [4.69, 9.17) is 10.00 Å². The molecule has 0 radical (unpaired) electrons. The van der Waals surface area contributed by atoms with Crippen LogP contribution in [0.1, 0.15) is 18.1 Å². The van der Waals surface area contributed by atoms with Crippen LogP contribution < -0.4 is 4.74 Å². The lowest BCUT2D eigenvalue weighted by molar-refractivity contribution is -1.01. The van der Waals surface area contributed by atoms with Gasteiger partial charge in [-0.3, -0.25) is 0 Å². The average Bonchev–Trinajstić information content (AvgIpc) is 2.95. The number of hydrogen-bond donors (Lipinski definition) is 0. The summed E-state index contributed by atoms with van der Waals surface area (Å²) in [7, 11) is 5.61. The van der Waals surface area contributed by atoms with Gasteiger partial charge in [-0.25, -0.2) is 18.2 Å². The second-order valence-corrected chi connectivity index (χ2v) is 9.37. The first-order chi connectivity index (χ1) is 16.1. The van der Waals surface area contributed by atoms with Crippen LogP contribution in [0.5, 0.6) is 5.75 Å². The van der Waals surface area contributed by atoms with Gasteiger partial charge in [-0.15, -0.1) is 0 Å². The number of rotatable bonds is 4. The average molecular weight is 529 g/mol. The Morgan fingerprint density at radius 1 is 1.00 bits per heavy atom. The molecular weight excluding hydrogens is 507 g/mol. The molecule has 3 aromatic rings. The number of nitriles is 1. The molecule has 0 spiro atoms. The van der Waals surface area contributed by atoms with Crippen LogP contribution in [0.3, 0.4) is 0 Å². The summed E-state index contributed by atoms with van der Waals surface area (Å²) in [4.78, 5) is 0. The van der Waals surface area contributed by atoms with Crippen LogP contribution in [0.15, 0.2) is 64.8 Å². The Kier molecular flexibility index (Phi) is 6.19. The smallest absolute Gasteiger partial charge is 0.284 e. The van der Waals surface area contributed by atoms with Crippen molar-refractivity contribution in [3.63, 3.8) is 0 Å². The van der Waals surface area contributed by atoms with Gasteiger partial charge in [-0.1, -0.05) is 40.2 Å². The van der Waals surface area contributed by atoms with Crippen LogP contribution in [-0.4, -0.2) is 37.0 Å². The summed E-state index contributed by atoms with van der Waals surface area (Å²) in [6, 6.07) is 15.0. The summed E-state index contributed by atoms with van der Waals surface area (Å²) in [5.41, 5.74) is 2.62. The van der Waals surface area contributed by atoms with Crippen molar-refractivity contribution in [3.8, 4) is 22.9 Å². The summed E-state index contributed by atoms with van der Waals surface area (Å²) in [5, 5.41) is 10.9. The van der Waals surface area contributed by atoms with Gasteiger partial charge in [0.15, 0.2) is 11.6 Å². The molecule has 0 amide bonds. The van der Waals surface area contributed by atoms with Gasteiger partial charge in [0.05, 0.1) is 44.0 Å². The SMILES string of the molecule is CC1=C(c2cccc(-c3ccc(F)cc3Br)c2F)C(Oc2ccc(C#N)cc2F)[N+](C)(C)N1C. The van der Waals surface area contributed by atoms with E-state index in [-0.39, 0.29) is 15.9 Å². The Morgan fingerprint density at radius 2 is 1.71 bits per heavy atom. The predicted molar refractivity (Wildman–Crippen MR) is 127 cm³/mol. The van der Waals surface area contributed by atoms with Crippen molar-refractivity contribution in [2.24, 2.45) is 0 Å². The molecule has 0 bridgehead atoms. The first-order valence-electron chi connectivity index (χ1n) is 10.5. The lowest BCUT2D eigenvalue weighted by atomic mass is 9.96. The van der Waals surface area contributed by atoms with Gasteiger partial charge in [0.25, 0.3) is 6.23 Å². The fraction of sp³-hybridized carbons (Fsp3) is 0.192. The molecule has 8 heteroatoms. The maximum absolute atomic E-state index is 16.0. The highest BCUT2D eigenvalue weighted by atomic mass is 79.9. The zero-order valence-electron chi connectivity index (χ0n) is 19.0. The summed E-state index contributed by atoms with van der Waals surface area (Å²) in [6.07, 6.45) is -0.770. The summed E-state index contributed by atoms with van der Waals surface area (Å²) in [5.74, 6) is -1.63. The van der Waals surface area contributed by atoms with E-state index in [2.05, 4.69) is 15.9 Å². The summed E-state index contributed by atoms with van der Waals surface area (Å²) < 4.78 is 51.0. The molecule has 0 saturated heterocycles. The molecule has 1 aliphatic rings. The quantitative estimate of drug-likeness (QED) is 0.363. The zero-order valence-corrected chi connectivity index (χ0v) is 20.6. The Bertz CT molecular complexity index is 1360. The number of benzene rings is 3. The number of hydrogen-bond acceptors (Lipinski definition) is 3. The van der Waals surface area contributed by atoms with Crippen LogP contribution in [-0.2, 0) is 0 Å². The lowest BCUT2D eigenvalue weighted by Gasteiger charge is -2.37. The van der Waals surface area contributed by atoms with Gasteiger partial charge in [0.1, 0.15) is 11.6 Å². The third-order valence-corrected chi connectivity index (χ3v) is 6.94. The van der Waals surface area contributed by atoms with Crippen LogP contribution in [0, 0.1) is 28.8 Å². The van der Waals surface area contributed by atoms with Crippen molar-refractivity contribution in [1.29, 1.82) is 5.26 Å². The number of quaternary nitrogens is 1. The lowest BCUT2D eigenvalue weighted by Crippen LogP contribution is -2.55. The van der Waals surface area contributed by atoms with Crippen LogP contribution in [0.25, 0.3) is 16.7 Å². The topological polar surface area (TPSA) is 36.3 Å². The van der Waals surface area contributed by atoms with Gasteiger partial charge < -0.3 is 4.74 Å². The minimum Gasteiger partial charge on any atom is -0.433 e. The van der Waals surface area contributed by atoms with Gasteiger partial charge in [0, 0.05) is 15.6 Å². The number of ether oxygens (including phenoxy) is 1. The molecule has 0 N–H and O–H groups in total. The van der Waals surface area contributed by atoms with E-state index < -0.39 is 23.7 Å². The number of halogens is 4. The van der Waals surface area contributed by atoms with Gasteiger partial charge in [-0.05, 0) is 42.8 Å². The molecule has 1 aliphatic heterocycles. The molecule has 4 rings (SSSR count). The van der Waals surface area contributed by atoms with Crippen molar-refractivity contribution >= 4 is 21.5 Å². The molecule has 3 aromatic carbocycles. The van der Waals surface area contributed by atoms with Gasteiger partial charge in [-0.2, -0.15) is 9.85 Å². The van der Waals surface area contributed by atoms with Crippen LogP contribution >= 0.6 is 15.9 Å². The molecule has 0 fully saturated rings. The van der Waals surface area contributed by atoms with Crippen LogP contribution in [0.2, 0.25) is 0 Å². The highest BCUT2D eigenvalue weighted by Crippen LogP contribution is 2.42. The minimum absolute atomic E-state index is 0.0337. The van der Waals surface area contributed by atoms with Crippen LogP contribution in [0.4, 0.5) is 13.2 Å². The highest BCUT2D eigenvalue weighted by molar-refractivity contribution is 9.10. The molecule has 0 aliphatic carbocycles. The standard InChI is InChI=1S/C26H22BrF3N3O/c1-15-24(20-7-5-6-19(25(20)30)18-10-9-17(28)13-21(18)27)26(33(3,4)32(15)2)34-23-11-8-16(14-31)12-22(23)29/h5-13,26H,1-4H3/q+1. The van der Waals surface area contributed by atoms with Gasteiger partial charge in [0.2, 0.25) is 0 Å². The van der Waals surface area contributed by atoms with E-state index >= 15 is 4.39 Å². The summed E-state index contributed by atoms with van der Waals surface area (Å²) >= 11 is 3.32. The molecule has 4 nitrogen and oxygen atoms in total. The van der Waals surface area contributed by atoms with E-state index in [0.29, 0.717) is 26.7 Å². The Morgan fingerprint density at radius 3 is 2.35 bits per heavy atom. The second-order valence-electron chi connectivity index (χ2n) is 8.52. The fourth-order valence-electron chi connectivity index (χ4n) is 4.17. The first kappa shape index (κ1) is 23.9. The van der Waals surface area contributed by atoms with E-state index in [9.17, 15) is 8.78 Å². The molecule has 0 saturated carbocycles. The van der Waals surface area contributed by atoms with E-state index in [1.54, 1.807) is 18.2 Å². The second kappa shape index (κ2) is 8.82. The summed E-state index contributed by atoms with van der Waals surface area (Å²) in [6.45, 7) is 1.85. The maximum Gasteiger partial charge on any atom is 0.284 e. The molecule has 1 heterocycles. The van der Waals surface area contributed by atoms with E-state index in [0.717, 1.165) is 11.8 Å². The molecule has 0 aromatic heterocycles. The number of likely N-dealkylation sites (N-methyl/N-ethyl adjacent to an activating group) is 1. The molecule has 1 atom stereocenters. The highest BCUT2D eigenvalue weighted by Gasteiger charge is 2.48. The normalized spacial score (nSPS) is 17.1. The van der Waals surface area contributed by atoms with Crippen molar-refractivity contribution in [2.75, 3.05) is 21.1 Å². The monoisotopic (exact) mass is 528 g/mol. The third kappa shape index (κ3) is 3.95. The van der Waals surface area contributed by atoms with Gasteiger partial charge >= 0.3 is 0 Å². The largest absolute Gasteiger partial charge is 0.433 e. The van der Waals surface area contributed by atoms with Crippen molar-refractivity contribution < 1.29 is 22.5 Å². The number of nitrogens with zero attached hydrogens (tertiary/aromatic N) is 3. The van der Waals surface area contributed by atoms with Crippen molar-refractivity contribution in [1.82, 2.24) is 5.01 Å².